The summed E-state index contributed by atoms with van der Waals surface area (Å²) in [4.78, 5) is 11.6. The molecule has 0 atom stereocenters. The summed E-state index contributed by atoms with van der Waals surface area (Å²) >= 11 is 0. The van der Waals surface area contributed by atoms with E-state index in [4.69, 9.17) is 5.73 Å². The summed E-state index contributed by atoms with van der Waals surface area (Å²) in [5, 5.41) is 0. The van der Waals surface area contributed by atoms with Crippen LogP contribution in [0.15, 0.2) is 42.5 Å². The molecule has 2 aromatic rings. The van der Waals surface area contributed by atoms with Gasteiger partial charge < -0.3 is 10.5 Å². The summed E-state index contributed by atoms with van der Waals surface area (Å²) in [6.45, 7) is 0.426. The van der Waals surface area contributed by atoms with E-state index < -0.39 is 16.0 Å². The van der Waals surface area contributed by atoms with Crippen LogP contribution in [0.4, 0.5) is 11.4 Å². The van der Waals surface area contributed by atoms with E-state index in [9.17, 15) is 13.2 Å². The van der Waals surface area contributed by atoms with Gasteiger partial charge in [-0.25, -0.2) is 13.2 Å². The minimum atomic E-state index is -3.59. The van der Waals surface area contributed by atoms with E-state index in [0.717, 1.165) is 18.4 Å². The second kappa shape index (κ2) is 6.76. The zero-order valence-electron chi connectivity index (χ0n) is 13.9. The predicted octanol–water partition coefficient (Wildman–Crippen LogP) is 2.34. The summed E-state index contributed by atoms with van der Waals surface area (Å²) in [5.74, 6) is -0.679. The van der Waals surface area contributed by atoms with Gasteiger partial charge in [0.15, 0.2) is 0 Å². The van der Waals surface area contributed by atoms with E-state index in [2.05, 4.69) is 4.74 Å². The summed E-state index contributed by atoms with van der Waals surface area (Å²) < 4.78 is 32.0. The summed E-state index contributed by atoms with van der Waals surface area (Å²) in [6, 6.07) is 11.8. The third-order valence-electron chi connectivity index (χ3n) is 4.28. The number of ether oxygens (including phenoxy) is 1. The molecule has 2 aromatic carbocycles. The van der Waals surface area contributed by atoms with Crippen molar-refractivity contribution in [1.82, 2.24) is 0 Å². The lowest BCUT2D eigenvalue weighted by Gasteiger charge is -2.31. The van der Waals surface area contributed by atoms with Gasteiger partial charge in [0.05, 0.1) is 24.1 Å². The fourth-order valence-corrected chi connectivity index (χ4v) is 4.74. The van der Waals surface area contributed by atoms with Gasteiger partial charge in [0.25, 0.3) is 0 Å². The number of sulfonamides is 1. The van der Waals surface area contributed by atoms with Crippen LogP contribution in [-0.2, 0) is 26.9 Å². The molecule has 0 saturated heterocycles. The number of carbonyl (C=O) groups is 1. The molecule has 7 heteroatoms. The van der Waals surface area contributed by atoms with Crippen LogP contribution in [0, 0.1) is 0 Å². The fraction of sp³-hybridized carbons (Fsp3) is 0.278. The third-order valence-corrected chi connectivity index (χ3v) is 6.03. The Balaban J connectivity index is 1.92. The number of hydrogen-bond acceptors (Lipinski definition) is 5. The lowest BCUT2D eigenvalue weighted by Crippen LogP contribution is -2.36. The number of carbonyl (C=O) groups excluding carboxylic acids is 1. The first kappa shape index (κ1) is 17.3. The van der Waals surface area contributed by atoms with E-state index in [1.54, 1.807) is 42.5 Å². The molecule has 0 aliphatic carbocycles. The van der Waals surface area contributed by atoms with Crippen LogP contribution in [0.25, 0.3) is 0 Å². The van der Waals surface area contributed by atoms with Gasteiger partial charge >= 0.3 is 5.97 Å². The number of hydrogen-bond donors (Lipinski definition) is 1. The van der Waals surface area contributed by atoms with Crippen LogP contribution >= 0.6 is 0 Å². The number of nitrogens with two attached hydrogens (primary N) is 1. The Morgan fingerprint density at radius 2 is 2.00 bits per heavy atom. The first-order valence-corrected chi connectivity index (χ1v) is 9.58. The zero-order valence-corrected chi connectivity index (χ0v) is 14.8. The van der Waals surface area contributed by atoms with Crippen molar-refractivity contribution in [3.63, 3.8) is 0 Å². The Morgan fingerprint density at radius 3 is 2.76 bits per heavy atom. The smallest absolute Gasteiger partial charge is 0.337 e. The molecule has 2 N–H and O–H groups in total. The predicted molar refractivity (Wildman–Crippen MR) is 96.9 cm³/mol. The average Bonchev–Trinajstić information content (AvgIpc) is 2.61. The monoisotopic (exact) mass is 360 g/mol. The van der Waals surface area contributed by atoms with Crippen molar-refractivity contribution in [3.8, 4) is 0 Å². The van der Waals surface area contributed by atoms with Crippen LogP contribution in [0.3, 0.4) is 0 Å². The van der Waals surface area contributed by atoms with E-state index in [-0.39, 0.29) is 5.75 Å². The molecule has 1 aliphatic rings. The van der Waals surface area contributed by atoms with Gasteiger partial charge in [-0.3, -0.25) is 4.31 Å². The van der Waals surface area contributed by atoms with Gasteiger partial charge in [0, 0.05) is 12.2 Å². The normalized spacial score (nSPS) is 14.0. The molecule has 0 unspecified atom stereocenters. The molecule has 3 rings (SSSR count). The fourth-order valence-electron chi connectivity index (χ4n) is 3.10. The van der Waals surface area contributed by atoms with E-state index >= 15 is 0 Å². The minimum Gasteiger partial charge on any atom is -0.465 e. The van der Waals surface area contributed by atoms with E-state index in [1.807, 2.05) is 0 Å². The lowest BCUT2D eigenvalue weighted by molar-refractivity contribution is 0.0600. The molecule has 0 amide bonds. The van der Waals surface area contributed by atoms with Gasteiger partial charge in [-0.05, 0) is 48.2 Å². The highest BCUT2D eigenvalue weighted by atomic mass is 32.2. The Bertz CT molecular complexity index is 909. The maximum Gasteiger partial charge on any atom is 0.337 e. The topological polar surface area (TPSA) is 89.7 Å². The molecule has 132 valence electrons. The SMILES string of the molecule is COC(=O)c1cccc(CS(=O)(=O)N2CCCc3c(N)cccc32)c1. The Kier molecular flexibility index (Phi) is 4.67. The second-order valence-corrected chi connectivity index (χ2v) is 7.86. The van der Waals surface area contributed by atoms with E-state index in [0.29, 0.717) is 29.0 Å². The van der Waals surface area contributed by atoms with Crippen molar-refractivity contribution in [3.05, 3.63) is 59.2 Å². The maximum atomic E-state index is 12.9. The molecule has 6 nitrogen and oxygen atoms in total. The molecule has 0 bridgehead atoms. The largest absolute Gasteiger partial charge is 0.465 e. The van der Waals surface area contributed by atoms with Crippen LogP contribution < -0.4 is 10.0 Å². The first-order chi connectivity index (χ1) is 11.9. The van der Waals surface area contributed by atoms with Crippen LogP contribution in [0.2, 0.25) is 0 Å². The molecule has 0 aromatic heterocycles. The number of benzene rings is 2. The summed E-state index contributed by atoms with van der Waals surface area (Å²) in [6.07, 6.45) is 1.49. The third kappa shape index (κ3) is 3.46. The van der Waals surface area contributed by atoms with Crippen molar-refractivity contribution in [1.29, 1.82) is 0 Å². The highest BCUT2D eigenvalue weighted by Crippen LogP contribution is 2.33. The second-order valence-electron chi connectivity index (χ2n) is 5.97. The molecular formula is C18H20N2O4S. The number of nitrogen functional groups attached to an aromatic ring is 1. The number of anilines is 2. The summed E-state index contributed by atoms with van der Waals surface area (Å²) in [7, 11) is -2.30. The van der Waals surface area contributed by atoms with Crippen molar-refractivity contribution in [2.75, 3.05) is 23.7 Å². The Hall–Kier alpha value is -2.54. The standard InChI is InChI=1S/C18H20N2O4S/c1-24-18(21)14-6-2-5-13(11-14)12-25(22,23)20-10-4-7-15-16(19)8-3-9-17(15)20/h2-3,5-6,8-9,11H,4,7,10,12,19H2,1H3. The lowest BCUT2D eigenvalue weighted by atomic mass is 10.0. The van der Waals surface area contributed by atoms with Crippen LogP contribution in [0.1, 0.15) is 27.9 Å². The Morgan fingerprint density at radius 1 is 1.24 bits per heavy atom. The first-order valence-electron chi connectivity index (χ1n) is 7.97. The number of esters is 1. The van der Waals surface area contributed by atoms with Crippen LogP contribution in [0.5, 0.6) is 0 Å². The number of rotatable bonds is 4. The molecule has 1 aliphatic heterocycles. The molecule has 0 saturated carbocycles. The number of nitrogens with zero attached hydrogens (tertiary/aromatic N) is 1. The van der Waals surface area contributed by atoms with Crippen molar-refractivity contribution >= 4 is 27.4 Å². The minimum absolute atomic E-state index is 0.188. The summed E-state index contributed by atoms with van der Waals surface area (Å²) in [5.41, 5.74) is 9.01. The van der Waals surface area contributed by atoms with Crippen molar-refractivity contribution < 1.29 is 17.9 Å². The molecule has 1 heterocycles. The van der Waals surface area contributed by atoms with Gasteiger partial charge in [-0.2, -0.15) is 0 Å². The molecule has 0 fully saturated rings. The average molecular weight is 360 g/mol. The van der Waals surface area contributed by atoms with Crippen LogP contribution in [-0.4, -0.2) is 28.0 Å². The quantitative estimate of drug-likeness (QED) is 0.668. The molecular weight excluding hydrogens is 340 g/mol. The molecule has 0 radical (unpaired) electrons. The van der Waals surface area contributed by atoms with Gasteiger partial charge in [-0.1, -0.05) is 18.2 Å². The highest BCUT2D eigenvalue weighted by Gasteiger charge is 2.28. The highest BCUT2D eigenvalue weighted by molar-refractivity contribution is 7.92. The molecule has 25 heavy (non-hydrogen) atoms. The van der Waals surface area contributed by atoms with E-state index in [1.165, 1.54) is 11.4 Å². The number of fused-ring (bicyclic) bond motifs is 1. The van der Waals surface area contributed by atoms with Gasteiger partial charge in [0.1, 0.15) is 0 Å². The molecule has 0 spiro atoms. The van der Waals surface area contributed by atoms with Crippen molar-refractivity contribution in [2.45, 2.75) is 18.6 Å². The van der Waals surface area contributed by atoms with Gasteiger partial charge in [0.2, 0.25) is 10.0 Å². The zero-order chi connectivity index (χ0) is 18.0. The number of methoxy groups -OCH3 is 1. The van der Waals surface area contributed by atoms with Gasteiger partial charge in [-0.15, -0.1) is 0 Å². The Labute approximate surface area is 147 Å². The van der Waals surface area contributed by atoms with Crippen molar-refractivity contribution in [2.24, 2.45) is 0 Å². The maximum absolute atomic E-state index is 12.9.